The van der Waals surface area contributed by atoms with Crippen LogP contribution in [0.5, 0.6) is 0 Å². The number of nitrogens with two attached hydrogens (primary N) is 2. The number of rotatable bonds is 25. The Bertz CT molecular complexity index is 310. The van der Waals surface area contributed by atoms with Crippen molar-refractivity contribution in [2.45, 2.75) is 89.9 Å². The highest BCUT2D eigenvalue weighted by atomic mass is 15.0. The van der Waals surface area contributed by atoms with Crippen molar-refractivity contribution in [3.8, 4) is 0 Å². The molecule has 0 heterocycles. The summed E-state index contributed by atoms with van der Waals surface area (Å²) in [5.41, 5.74) is 10.9. The lowest BCUT2D eigenvalue weighted by atomic mass is 10.1. The summed E-state index contributed by atoms with van der Waals surface area (Å²) < 4.78 is 0. The third kappa shape index (κ3) is 27.5. The molecule has 0 fully saturated rings. The molecule has 0 aliphatic heterocycles. The first-order valence-corrected chi connectivity index (χ1v) is 12.6. The van der Waals surface area contributed by atoms with Gasteiger partial charge in [0.05, 0.1) is 0 Å². The summed E-state index contributed by atoms with van der Waals surface area (Å²) in [6.07, 6.45) is 23.6. The number of unbranched alkanes of at least 4 members (excludes halogenated alkanes) is 12. The van der Waals surface area contributed by atoms with Crippen LogP contribution in [0.3, 0.4) is 0 Å². The quantitative estimate of drug-likeness (QED) is 0.117. The molecule has 0 saturated carbocycles. The number of hydrogen-bond acceptors (Lipinski definition) is 5. The van der Waals surface area contributed by atoms with Crippen LogP contribution in [0.2, 0.25) is 0 Å². The van der Waals surface area contributed by atoms with Crippen LogP contribution in [0.4, 0.5) is 0 Å². The average Bonchev–Trinajstić information content (AvgIpc) is 2.74. The van der Waals surface area contributed by atoms with Gasteiger partial charge in [0.1, 0.15) is 0 Å². The van der Waals surface area contributed by atoms with E-state index in [2.05, 4.69) is 28.1 Å². The Morgan fingerprint density at radius 3 is 1.31 bits per heavy atom. The largest absolute Gasteiger partial charge is 0.330 e. The van der Waals surface area contributed by atoms with Gasteiger partial charge in [-0.25, -0.2) is 0 Å². The highest BCUT2D eigenvalue weighted by Crippen LogP contribution is 2.09. The molecule has 0 saturated heterocycles. The summed E-state index contributed by atoms with van der Waals surface area (Å²) in [5.74, 6) is 0. The average molecular weight is 412 g/mol. The lowest BCUT2D eigenvalue weighted by Gasteiger charge is -2.07. The minimum absolute atomic E-state index is 0.718. The lowest BCUT2D eigenvalue weighted by Crippen LogP contribution is -2.34. The molecule has 5 nitrogen and oxygen atoms in total. The van der Waals surface area contributed by atoms with E-state index in [1.807, 2.05) is 0 Å². The summed E-state index contributed by atoms with van der Waals surface area (Å²) in [6.45, 7) is 7.78. The zero-order valence-electron chi connectivity index (χ0n) is 19.4. The standard InChI is InChI=1S/C24H53N5/c25-17-15-13-11-9-7-5-3-1-2-4-6-8-10-12-14-16-19-27-21-23-29-24-22-28-20-18-26/h1-2,27-29H,3-26H2/b2-1-. The van der Waals surface area contributed by atoms with Gasteiger partial charge in [0.2, 0.25) is 0 Å². The smallest absolute Gasteiger partial charge is 0.00772 e. The molecule has 0 atom stereocenters. The van der Waals surface area contributed by atoms with Crippen molar-refractivity contribution in [1.82, 2.24) is 16.0 Å². The van der Waals surface area contributed by atoms with Gasteiger partial charge in [-0.05, 0) is 51.6 Å². The van der Waals surface area contributed by atoms with Crippen LogP contribution in [-0.4, -0.2) is 52.4 Å². The monoisotopic (exact) mass is 411 g/mol. The van der Waals surface area contributed by atoms with E-state index in [4.69, 9.17) is 11.5 Å². The normalized spacial score (nSPS) is 11.7. The van der Waals surface area contributed by atoms with Gasteiger partial charge >= 0.3 is 0 Å². The van der Waals surface area contributed by atoms with Gasteiger partial charge in [0, 0.05) is 39.3 Å². The predicted octanol–water partition coefficient (Wildman–Crippen LogP) is 3.69. The Hall–Kier alpha value is -0.460. The molecule has 5 heteroatoms. The molecule has 0 aliphatic rings. The summed E-state index contributed by atoms with van der Waals surface area (Å²) in [6, 6.07) is 0. The van der Waals surface area contributed by atoms with Crippen LogP contribution in [0.1, 0.15) is 89.9 Å². The molecule has 174 valence electrons. The SMILES string of the molecule is NCCCCCCCC/C=C\CCCCCCCCNCCNCCNCCN. The first-order chi connectivity index (χ1) is 14.4. The molecule has 0 aromatic rings. The first-order valence-electron chi connectivity index (χ1n) is 12.6. The van der Waals surface area contributed by atoms with E-state index in [0.717, 1.165) is 52.4 Å². The number of allylic oxidation sites excluding steroid dienone is 2. The Kier molecular flexibility index (Phi) is 27.1. The minimum atomic E-state index is 0.718. The third-order valence-corrected chi connectivity index (χ3v) is 5.24. The van der Waals surface area contributed by atoms with E-state index in [-0.39, 0.29) is 0 Å². The Morgan fingerprint density at radius 2 is 0.793 bits per heavy atom. The molecule has 0 radical (unpaired) electrons. The summed E-state index contributed by atoms with van der Waals surface area (Å²) in [4.78, 5) is 0. The highest BCUT2D eigenvalue weighted by molar-refractivity contribution is 4.81. The van der Waals surface area contributed by atoms with Gasteiger partial charge in [-0.3, -0.25) is 0 Å². The van der Waals surface area contributed by atoms with Gasteiger partial charge in [-0.2, -0.15) is 0 Å². The molecule has 0 aromatic carbocycles. The van der Waals surface area contributed by atoms with Crippen LogP contribution in [-0.2, 0) is 0 Å². The second-order valence-electron chi connectivity index (χ2n) is 8.12. The van der Waals surface area contributed by atoms with Gasteiger partial charge in [0.15, 0.2) is 0 Å². The van der Waals surface area contributed by atoms with Crippen LogP contribution >= 0.6 is 0 Å². The van der Waals surface area contributed by atoms with E-state index in [1.54, 1.807) is 0 Å². The summed E-state index contributed by atoms with van der Waals surface area (Å²) >= 11 is 0. The topological polar surface area (TPSA) is 88.1 Å². The molecule has 0 rings (SSSR count). The fourth-order valence-corrected chi connectivity index (χ4v) is 3.40. The molecule has 0 unspecified atom stereocenters. The van der Waals surface area contributed by atoms with E-state index < -0.39 is 0 Å². The van der Waals surface area contributed by atoms with Crippen molar-refractivity contribution in [3.63, 3.8) is 0 Å². The van der Waals surface area contributed by atoms with Gasteiger partial charge in [-0.15, -0.1) is 0 Å². The molecule has 0 aliphatic carbocycles. The van der Waals surface area contributed by atoms with E-state index in [0.29, 0.717) is 0 Å². The second kappa shape index (κ2) is 27.5. The molecule has 0 bridgehead atoms. The number of nitrogens with one attached hydrogen (secondary N) is 3. The van der Waals surface area contributed by atoms with Crippen LogP contribution in [0.25, 0.3) is 0 Å². The van der Waals surface area contributed by atoms with Crippen molar-refractivity contribution in [3.05, 3.63) is 12.2 Å². The van der Waals surface area contributed by atoms with Crippen LogP contribution in [0.15, 0.2) is 12.2 Å². The molecular weight excluding hydrogens is 358 g/mol. The fourth-order valence-electron chi connectivity index (χ4n) is 3.40. The first kappa shape index (κ1) is 28.5. The Labute approximate surface area is 182 Å². The maximum Gasteiger partial charge on any atom is 0.00772 e. The van der Waals surface area contributed by atoms with E-state index in [9.17, 15) is 0 Å². The summed E-state index contributed by atoms with van der Waals surface area (Å²) in [5, 5.41) is 10.2. The van der Waals surface area contributed by atoms with Gasteiger partial charge in [-0.1, -0.05) is 63.5 Å². The molecule has 0 amide bonds. The molecule has 7 N–H and O–H groups in total. The summed E-state index contributed by atoms with van der Waals surface area (Å²) in [7, 11) is 0. The van der Waals surface area contributed by atoms with Crippen molar-refractivity contribution >= 4 is 0 Å². The molecule has 0 aromatic heterocycles. The minimum Gasteiger partial charge on any atom is -0.330 e. The van der Waals surface area contributed by atoms with Crippen LogP contribution in [0, 0.1) is 0 Å². The zero-order chi connectivity index (χ0) is 21.1. The van der Waals surface area contributed by atoms with Crippen molar-refractivity contribution in [2.24, 2.45) is 11.5 Å². The zero-order valence-corrected chi connectivity index (χ0v) is 19.4. The second-order valence-corrected chi connectivity index (χ2v) is 8.12. The lowest BCUT2D eigenvalue weighted by molar-refractivity contribution is 0.548. The van der Waals surface area contributed by atoms with Crippen molar-refractivity contribution in [1.29, 1.82) is 0 Å². The van der Waals surface area contributed by atoms with Gasteiger partial charge < -0.3 is 27.4 Å². The highest BCUT2D eigenvalue weighted by Gasteiger charge is 1.93. The molecular formula is C24H53N5. The number of hydrogen-bond donors (Lipinski definition) is 5. The van der Waals surface area contributed by atoms with Gasteiger partial charge in [0.25, 0.3) is 0 Å². The van der Waals surface area contributed by atoms with Crippen molar-refractivity contribution in [2.75, 3.05) is 52.4 Å². The fraction of sp³-hybridized carbons (Fsp3) is 0.917. The van der Waals surface area contributed by atoms with Crippen molar-refractivity contribution < 1.29 is 0 Å². The molecule has 0 spiro atoms. The van der Waals surface area contributed by atoms with E-state index in [1.165, 1.54) is 89.9 Å². The van der Waals surface area contributed by atoms with E-state index >= 15 is 0 Å². The Morgan fingerprint density at radius 1 is 0.379 bits per heavy atom. The third-order valence-electron chi connectivity index (χ3n) is 5.24. The maximum absolute atomic E-state index is 5.51. The Balaban J connectivity index is 3.04. The van der Waals surface area contributed by atoms with Crippen LogP contribution < -0.4 is 27.4 Å². The maximum atomic E-state index is 5.51. The molecule has 29 heavy (non-hydrogen) atoms. The predicted molar refractivity (Wildman–Crippen MR) is 130 cm³/mol.